The SMILES string of the molecule is CN(C)CCCNc1c(NCCN2CCOCC2)c(=O)c1=O. The summed E-state index contributed by atoms with van der Waals surface area (Å²) in [5, 5.41) is 6.18. The number of nitrogens with zero attached hydrogens (tertiary/aromatic N) is 2. The third-order valence-electron chi connectivity index (χ3n) is 3.83. The molecule has 0 bridgehead atoms. The summed E-state index contributed by atoms with van der Waals surface area (Å²) in [7, 11) is 4.02. The van der Waals surface area contributed by atoms with Gasteiger partial charge in [-0.3, -0.25) is 14.5 Å². The lowest BCUT2D eigenvalue weighted by Crippen LogP contribution is -2.41. The average Bonchev–Trinajstić information content (AvgIpc) is 2.52. The summed E-state index contributed by atoms with van der Waals surface area (Å²) in [6, 6.07) is 0. The van der Waals surface area contributed by atoms with Crippen LogP contribution in [0, 0.1) is 0 Å². The van der Waals surface area contributed by atoms with Gasteiger partial charge in [-0.15, -0.1) is 0 Å². The molecule has 0 aromatic heterocycles. The molecule has 1 aliphatic heterocycles. The molecule has 0 atom stereocenters. The molecule has 1 saturated heterocycles. The van der Waals surface area contributed by atoms with Crippen LogP contribution in [0.1, 0.15) is 6.42 Å². The Bertz CT molecular complexity index is 531. The summed E-state index contributed by atoms with van der Waals surface area (Å²) in [4.78, 5) is 27.6. The van der Waals surface area contributed by atoms with Crippen LogP contribution in [0.2, 0.25) is 0 Å². The molecule has 2 N–H and O–H groups in total. The number of morpholine rings is 1. The summed E-state index contributed by atoms with van der Waals surface area (Å²) in [6.07, 6.45) is 0.930. The van der Waals surface area contributed by atoms with Crippen molar-refractivity contribution in [2.24, 2.45) is 0 Å². The average molecular weight is 310 g/mol. The molecule has 0 saturated carbocycles. The second kappa shape index (κ2) is 8.26. The van der Waals surface area contributed by atoms with Crippen LogP contribution < -0.4 is 21.5 Å². The molecule has 1 aromatic carbocycles. The number of nitrogens with one attached hydrogen (secondary N) is 2. The van der Waals surface area contributed by atoms with Crippen molar-refractivity contribution in [1.82, 2.24) is 9.80 Å². The van der Waals surface area contributed by atoms with Crippen LogP contribution in [-0.4, -0.2) is 76.4 Å². The molecule has 1 fully saturated rings. The smallest absolute Gasteiger partial charge is 0.253 e. The van der Waals surface area contributed by atoms with Gasteiger partial charge >= 0.3 is 0 Å². The predicted octanol–water partition coefficient (Wildman–Crippen LogP) is -0.610. The third kappa shape index (κ3) is 4.53. The number of ether oxygens (including phenoxy) is 1. The first-order valence-electron chi connectivity index (χ1n) is 7.85. The number of rotatable bonds is 9. The monoisotopic (exact) mass is 310 g/mol. The highest BCUT2D eigenvalue weighted by Gasteiger charge is 2.20. The van der Waals surface area contributed by atoms with Crippen molar-refractivity contribution in [3.05, 3.63) is 20.4 Å². The van der Waals surface area contributed by atoms with Crippen molar-refractivity contribution in [3.63, 3.8) is 0 Å². The Hall–Kier alpha value is -1.44. The topological polar surface area (TPSA) is 73.9 Å². The molecule has 7 nitrogen and oxygen atoms in total. The lowest BCUT2D eigenvalue weighted by Gasteiger charge is -2.27. The molecule has 0 amide bonds. The highest BCUT2D eigenvalue weighted by Crippen LogP contribution is 2.13. The molecule has 0 unspecified atom stereocenters. The van der Waals surface area contributed by atoms with Gasteiger partial charge in [0, 0.05) is 32.7 Å². The largest absolute Gasteiger partial charge is 0.380 e. The van der Waals surface area contributed by atoms with Gasteiger partial charge in [-0.25, -0.2) is 0 Å². The normalized spacial score (nSPS) is 16.3. The van der Waals surface area contributed by atoms with E-state index < -0.39 is 10.9 Å². The highest BCUT2D eigenvalue weighted by molar-refractivity contribution is 5.73. The van der Waals surface area contributed by atoms with Crippen LogP contribution in [0.4, 0.5) is 11.4 Å². The van der Waals surface area contributed by atoms with Crippen molar-refractivity contribution in [1.29, 1.82) is 0 Å². The van der Waals surface area contributed by atoms with Gasteiger partial charge in [-0.2, -0.15) is 0 Å². The molecule has 22 heavy (non-hydrogen) atoms. The first kappa shape index (κ1) is 16.9. The lowest BCUT2D eigenvalue weighted by atomic mass is 10.2. The Balaban J connectivity index is 1.74. The molecule has 7 heteroatoms. The number of hydrogen-bond donors (Lipinski definition) is 2. The van der Waals surface area contributed by atoms with Crippen molar-refractivity contribution in [3.8, 4) is 0 Å². The van der Waals surface area contributed by atoms with Crippen LogP contribution >= 0.6 is 0 Å². The Kier molecular flexibility index (Phi) is 6.35. The molecule has 2 rings (SSSR count). The molecule has 1 aromatic rings. The van der Waals surface area contributed by atoms with Gasteiger partial charge in [0.05, 0.1) is 13.2 Å². The van der Waals surface area contributed by atoms with Gasteiger partial charge in [0.25, 0.3) is 10.9 Å². The van der Waals surface area contributed by atoms with E-state index >= 15 is 0 Å². The maximum atomic E-state index is 11.6. The summed E-state index contributed by atoms with van der Waals surface area (Å²) in [5.74, 6) is 0. The predicted molar refractivity (Wildman–Crippen MR) is 88.8 cm³/mol. The number of hydrogen-bond acceptors (Lipinski definition) is 7. The quantitative estimate of drug-likeness (QED) is 0.465. The Morgan fingerprint density at radius 1 is 1.05 bits per heavy atom. The fourth-order valence-corrected chi connectivity index (χ4v) is 2.50. The van der Waals surface area contributed by atoms with Crippen LogP contribution in [0.5, 0.6) is 0 Å². The third-order valence-corrected chi connectivity index (χ3v) is 3.83. The van der Waals surface area contributed by atoms with E-state index in [4.69, 9.17) is 4.74 Å². The first-order chi connectivity index (χ1) is 10.6. The minimum Gasteiger partial charge on any atom is -0.380 e. The van der Waals surface area contributed by atoms with Gasteiger partial charge in [0.1, 0.15) is 11.4 Å². The van der Waals surface area contributed by atoms with Gasteiger partial charge in [-0.1, -0.05) is 0 Å². The Labute approximate surface area is 130 Å². The van der Waals surface area contributed by atoms with E-state index in [2.05, 4.69) is 20.4 Å². The molecule has 124 valence electrons. The molecular weight excluding hydrogens is 284 g/mol. The van der Waals surface area contributed by atoms with Crippen LogP contribution in [-0.2, 0) is 4.74 Å². The minimum atomic E-state index is -0.405. The molecule has 1 heterocycles. The van der Waals surface area contributed by atoms with Gasteiger partial charge in [0.2, 0.25) is 0 Å². The zero-order valence-corrected chi connectivity index (χ0v) is 13.5. The second-order valence-corrected chi connectivity index (χ2v) is 5.87. The highest BCUT2D eigenvalue weighted by atomic mass is 16.5. The van der Waals surface area contributed by atoms with E-state index in [1.807, 2.05) is 14.1 Å². The maximum absolute atomic E-state index is 11.6. The maximum Gasteiger partial charge on any atom is 0.253 e. The second-order valence-electron chi connectivity index (χ2n) is 5.87. The number of anilines is 2. The van der Waals surface area contributed by atoms with Crippen molar-refractivity contribution in [2.75, 3.05) is 77.2 Å². The minimum absolute atomic E-state index is 0.404. The van der Waals surface area contributed by atoms with Crippen LogP contribution in [0.3, 0.4) is 0 Å². The van der Waals surface area contributed by atoms with E-state index in [0.29, 0.717) is 24.5 Å². The molecule has 0 radical (unpaired) electrons. The van der Waals surface area contributed by atoms with E-state index in [1.165, 1.54) is 0 Å². The summed E-state index contributed by atoms with van der Waals surface area (Å²) < 4.78 is 5.30. The lowest BCUT2D eigenvalue weighted by molar-refractivity contribution is 0.0398. The molecule has 0 aliphatic carbocycles. The van der Waals surface area contributed by atoms with E-state index in [1.54, 1.807) is 0 Å². The zero-order chi connectivity index (χ0) is 15.9. The van der Waals surface area contributed by atoms with Gasteiger partial charge in [0.15, 0.2) is 0 Å². The van der Waals surface area contributed by atoms with E-state index in [0.717, 1.165) is 45.8 Å². The summed E-state index contributed by atoms with van der Waals surface area (Å²) in [6.45, 7) is 6.52. The van der Waals surface area contributed by atoms with Crippen LogP contribution in [0.25, 0.3) is 0 Å². The van der Waals surface area contributed by atoms with E-state index in [9.17, 15) is 9.59 Å². The molecule has 1 aliphatic rings. The van der Waals surface area contributed by atoms with E-state index in [-0.39, 0.29) is 0 Å². The fourth-order valence-electron chi connectivity index (χ4n) is 2.50. The molecule has 0 spiro atoms. The standard InChI is InChI=1S/C15H26N4O3/c1-18(2)6-3-4-16-12-13(15(21)14(12)20)17-5-7-19-8-10-22-11-9-19/h16-17H,3-11H2,1-2H3. The summed E-state index contributed by atoms with van der Waals surface area (Å²) in [5.41, 5.74) is 0.0876. The van der Waals surface area contributed by atoms with Crippen molar-refractivity contribution < 1.29 is 4.74 Å². The zero-order valence-electron chi connectivity index (χ0n) is 13.5. The Morgan fingerprint density at radius 2 is 1.64 bits per heavy atom. The summed E-state index contributed by atoms with van der Waals surface area (Å²) >= 11 is 0. The van der Waals surface area contributed by atoms with Crippen molar-refractivity contribution in [2.45, 2.75) is 6.42 Å². The fraction of sp³-hybridized carbons (Fsp3) is 0.733. The first-order valence-corrected chi connectivity index (χ1v) is 7.85. The molecular formula is C15H26N4O3. The Morgan fingerprint density at radius 3 is 2.23 bits per heavy atom. The van der Waals surface area contributed by atoms with Crippen molar-refractivity contribution >= 4 is 11.4 Å². The van der Waals surface area contributed by atoms with Gasteiger partial charge in [-0.05, 0) is 27.1 Å². The van der Waals surface area contributed by atoms with Gasteiger partial charge < -0.3 is 20.3 Å². The van der Waals surface area contributed by atoms with Crippen LogP contribution in [0.15, 0.2) is 9.59 Å².